The molecule has 0 amide bonds. The minimum absolute atomic E-state index is 0.0650. The fourth-order valence-corrected chi connectivity index (χ4v) is 6.34. The van der Waals surface area contributed by atoms with E-state index in [1.165, 1.54) is 77.0 Å². The van der Waals surface area contributed by atoms with E-state index in [2.05, 4.69) is 106 Å². The van der Waals surface area contributed by atoms with Crippen molar-refractivity contribution in [3.05, 3.63) is 85.1 Å². The van der Waals surface area contributed by atoms with Gasteiger partial charge in [0.25, 0.3) is 0 Å². The molecule has 0 rings (SSSR count). The Bertz CT molecular complexity index is 1090. The maximum Gasteiger partial charge on any atom is 0.306 e. The van der Waals surface area contributed by atoms with Crippen LogP contribution in [-0.4, -0.2) is 37.9 Å². The Kier molecular flexibility index (Phi) is 46.0. The average molecular weight is 807 g/mol. The lowest BCUT2D eigenvalue weighted by Crippen LogP contribution is -2.30. The van der Waals surface area contributed by atoms with Crippen LogP contribution in [0.25, 0.3) is 0 Å². The minimum atomic E-state index is -0.555. The van der Waals surface area contributed by atoms with Crippen molar-refractivity contribution in [2.24, 2.45) is 0 Å². The van der Waals surface area contributed by atoms with Gasteiger partial charge in [0.15, 0.2) is 6.10 Å². The summed E-state index contributed by atoms with van der Waals surface area (Å²) in [7, 11) is 0. The molecule has 0 radical (unpaired) electrons. The van der Waals surface area contributed by atoms with Crippen LogP contribution >= 0.6 is 0 Å². The van der Waals surface area contributed by atoms with Crippen molar-refractivity contribution in [3.63, 3.8) is 0 Å². The van der Waals surface area contributed by atoms with Crippen LogP contribution in [0.4, 0.5) is 0 Å². The van der Waals surface area contributed by atoms with Crippen molar-refractivity contribution in [1.82, 2.24) is 0 Å². The molecule has 0 aliphatic carbocycles. The Morgan fingerprint density at radius 2 is 0.810 bits per heavy atom. The molecule has 0 N–H and O–H groups in total. The largest absolute Gasteiger partial charge is 0.462 e. The molecular weight excluding hydrogens is 717 g/mol. The van der Waals surface area contributed by atoms with E-state index in [0.717, 1.165) is 103 Å². The third kappa shape index (κ3) is 45.8. The standard InChI is InChI=1S/C53H90O5/c1-4-7-10-13-16-19-21-23-24-25-26-27-28-29-31-33-36-39-42-45-48-56-49-51(58-53(55)47-44-41-38-34-18-15-12-9-6-3)50-57-52(54)46-43-40-37-35-32-30-22-20-17-14-11-8-5-2/h7,10-11,14,16,19-20,22-24,26-27,29,31,51H,4-6,8-9,12-13,15,17-18,21,25,28,30,32-50H2,1-3H3/b10-7-,14-11-,19-16-,22-20-,24-23-,27-26-,31-29-. The van der Waals surface area contributed by atoms with Gasteiger partial charge in [-0.3, -0.25) is 9.59 Å². The second-order valence-electron chi connectivity index (χ2n) is 15.6. The molecule has 0 bridgehead atoms. The lowest BCUT2D eigenvalue weighted by molar-refractivity contribution is -0.163. The molecule has 0 aromatic heterocycles. The van der Waals surface area contributed by atoms with E-state index < -0.39 is 6.10 Å². The van der Waals surface area contributed by atoms with Gasteiger partial charge < -0.3 is 14.2 Å². The second kappa shape index (κ2) is 48.4. The summed E-state index contributed by atoms with van der Waals surface area (Å²) < 4.78 is 17.3. The lowest BCUT2D eigenvalue weighted by Gasteiger charge is -2.18. The number of carbonyl (C=O) groups is 2. The first-order chi connectivity index (χ1) is 28.6. The monoisotopic (exact) mass is 807 g/mol. The molecule has 332 valence electrons. The van der Waals surface area contributed by atoms with Crippen LogP contribution in [0.15, 0.2) is 85.1 Å². The van der Waals surface area contributed by atoms with Crippen LogP contribution in [0.5, 0.6) is 0 Å². The molecular formula is C53H90O5. The molecule has 0 spiro atoms. The number of allylic oxidation sites excluding steroid dienone is 14. The topological polar surface area (TPSA) is 61.8 Å². The third-order valence-corrected chi connectivity index (χ3v) is 9.90. The minimum Gasteiger partial charge on any atom is -0.462 e. The summed E-state index contributed by atoms with van der Waals surface area (Å²) in [5, 5.41) is 0. The number of carbonyl (C=O) groups excluding carboxylic acids is 2. The summed E-state index contributed by atoms with van der Waals surface area (Å²) in [5.74, 6) is -0.433. The van der Waals surface area contributed by atoms with Crippen LogP contribution < -0.4 is 0 Å². The Labute approximate surface area is 359 Å². The zero-order valence-corrected chi connectivity index (χ0v) is 38.0. The van der Waals surface area contributed by atoms with Gasteiger partial charge in [0.2, 0.25) is 0 Å². The number of hydrogen-bond acceptors (Lipinski definition) is 5. The van der Waals surface area contributed by atoms with Crippen molar-refractivity contribution in [3.8, 4) is 0 Å². The molecule has 0 saturated carbocycles. The number of esters is 2. The van der Waals surface area contributed by atoms with Crippen molar-refractivity contribution < 1.29 is 23.8 Å². The molecule has 5 nitrogen and oxygen atoms in total. The molecule has 0 aromatic carbocycles. The van der Waals surface area contributed by atoms with Gasteiger partial charge in [0.1, 0.15) is 6.61 Å². The fraction of sp³-hybridized carbons (Fsp3) is 0.698. The normalized spacial score (nSPS) is 12.9. The Morgan fingerprint density at radius 3 is 1.31 bits per heavy atom. The molecule has 0 aliphatic heterocycles. The van der Waals surface area contributed by atoms with E-state index >= 15 is 0 Å². The van der Waals surface area contributed by atoms with Gasteiger partial charge in [-0.1, -0.05) is 196 Å². The highest BCUT2D eigenvalue weighted by Crippen LogP contribution is 2.13. The summed E-state index contributed by atoms with van der Waals surface area (Å²) in [6.07, 6.45) is 63.0. The molecule has 1 unspecified atom stereocenters. The van der Waals surface area contributed by atoms with Gasteiger partial charge in [0.05, 0.1) is 6.61 Å². The van der Waals surface area contributed by atoms with Crippen molar-refractivity contribution in [2.75, 3.05) is 19.8 Å². The van der Waals surface area contributed by atoms with Gasteiger partial charge in [-0.2, -0.15) is 0 Å². The molecule has 58 heavy (non-hydrogen) atoms. The molecule has 0 heterocycles. The highest BCUT2D eigenvalue weighted by Gasteiger charge is 2.17. The Balaban J connectivity index is 4.28. The number of rotatable bonds is 43. The smallest absolute Gasteiger partial charge is 0.306 e. The van der Waals surface area contributed by atoms with Crippen molar-refractivity contribution in [2.45, 2.75) is 219 Å². The highest BCUT2D eigenvalue weighted by molar-refractivity contribution is 5.70. The lowest BCUT2D eigenvalue weighted by atomic mass is 10.1. The van der Waals surface area contributed by atoms with E-state index in [9.17, 15) is 9.59 Å². The third-order valence-electron chi connectivity index (χ3n) is 9.90. The summed E-state index contributed by atoms with van der Waals surface area (Å²) in [5.41, 5.74) is 0. The van der Waals surface area contributed by atoms with Crippen LogP contribution in [-0.2, 0) is 23.8 Å². The zero-order chi connectivity index (χ0) is 42.1. The van der Waals surface area contributed by atoms with E-state index in [-0.39, 0.29) is 25.2 Å². The van der Waals surface area contributed by atoms with E-state index in [1.807, 2.05) is 0 Å². The first kappa shape index (κ1) is 55.1. The van der Waals surface area contributed by atoms with Gasteiger partial charge in [0, 0.05) is 19.4 Å². The fourth-order valence-electron chi connectivity index (χ4n) is 6.34. The Hall–Kier alpha value is -2.92. The molecule has 1 atom stereocenters. The summed E-state index contributed by atoms with van der Waals surface area (Å²) in [4.78, 5) is 25.2. The van der Waals surface area contributed by atoms with E-state index in [1.54, 1.807) is 0 Å². The highest BCUT2D eigenvalue weighted by atomic mass is 16.6. The van der Waals surface area contributed by atoms with Gasteiger partial charge in [-0.05, 0) is 89.9 Å². The van der Waals surface area contributed by atoms with Gasteiger partial charge in [-0.15, -0.1) is 0 Å². The van der Waals surface area contributed by atoms with E-state index in [0.29, 0.717) is 19.4 Å². The number of ether oxygens (including phenoxy) is 3. The van der Waals surface area contributed by atoms with Gasteiger partial charge >= 0.3 is 11.9 Å². The first-order valence-electron chi connectivity index (χ1n) is 24.1. The van der Waals surface area contributed by atoms with Crippen LogP contribution in [0.1, 0.15) is 213 Å². The van der Waals surface area contributed by atoms with E-state index in [4.69, 9.17) is 14.2 Å². The molecule has 0 aliphatic rings. The molecule has 5 heteroatoms. The second-order valence-corrected chi connectivity index (χ2v) is 15.6. The van der Waals surface area contributed by atoms with Gasteiger partial charge in [-0.25, -0.2) is 0 Å². The predicted molar refractivity (Wildman–Crippen MR) is 251 cm³/mol. The average Bonchev–Trinajstić information content (AvgIpc) is 3.22. The SMILES string of the molecule is CC/C=C\C/C=C\C/C=C\C/C=C\C/C=C\CCCCCCOCC(COC(=O)CCCCCCC/C=C\C/C=C\CCC)OC(=O)CCCCCCCCCCC. The molecule has 0 aromatic rings. The van der Waals surface area contributed by atoms with Crippen molar-refractivity contribution >= 4 is 11.9 Å². The summed E-state index contributed by atoms with van der Waals surface area (Å²) in [6.45, 7) is 7.56. The zero-order valence-electron chi connectivity index (χ0n) is 38.0. The van der Waals surface area contributed by atoms with Crippen LogP contribution in [0.3, 0.4) is 0 Å². The number of hydrogen-bond donors (Lipinski definition) is 0. The summed E-state index contributed by atoms with van der Waals surface area (Å²) in [6, 6.07) is 0. The quantitative estimate of drug-likeness (QED) is 0.0349. The maximum absolute atomic E-state index is 12.7. The summed E-state index contributed by atoms with van der Waals surface area (Å²) >= 11 is 0. The maximum atomic E-state index is 12.7. The molecule has 0 fully saturated rings. The molecule has 0 saturated heterocycles. The van der Waals surface area contributed by atoms with Crippen LogP contribution in [0, 0.1) is 0 Å². The Morgan fingerprint density at radius 1 is 0.397 bits per heavy atom. The van der Waals surface area contributed by atoms with Crippen molar-refractivity contribution in [1.29, 1.82) is 0 Å². The number of unbranched alkanes of at least 4 members (excludes halogenated alkanes) is 18. The first-order valence-corrected chi connectivity index (χ1v) is 24.1. The van der Waals surface area contributed by atoms with Crippen LogP contribution in [0.2, 0.25) is 0 Å². The predicted octanol–water partition coefficient (Wildman–Crippen LogP) is 16.1.